The highest BCUT2D eigenvalue weighted by Gasteiger charge is 2.14. The Labute approximate surface area is 192 Å². The summed E-state index contributed by atoms with van der Waals surface area (Å²) in [6.07, 6.45) is 1.01. The molecule has 0 aliphatic heterocycles. The van der Waals surface area contributed by atoms with Crippen molar-refractivity contribution in [3.05, 3.63) is 53.6 Å². The van der Waals surface area contributed by atoms with E-state index in [2.05, 4.69) is 64.8 Å². The quantitative estimate of drug-likeness (QED) is 0.386. The Morgan fingerprint density at radius 3 is 2.25 bits per heavy atom. The van der Waals surface area contributed by atoms with Gasteiger partial charge in [-0.15, -0.1) is 0 Å². The lowest BCUT2D eigenvalue weighted by molar-refractivity contribution is 0.238. The summed E-state index contributed by atoms with van der Waals surface area (Å²) < 4.78 is 16.6. The fraction of sp³-hybridized carbons (Fsp3) is 0.480. The number of ether oxygens (including phenoxy) is 3. The summed E-state index contributed by atoms with van der Waals surface area (Å²) in [5.74, 6) is 2.69. The molecule has 1 unspecified atom stereocenters. The first-order valence-electron chi connectivity index (χ1n) is 11.1. The molecule has 2 N–H and O–H groups in total. The molecule has 0 saturated heterocycles. The van der Waals surface area contributed by atoms with Crippen LogP contribution in [0.1, 0.15) is 31.4 Å². The fourth-order valence-corrected chi connectivity index (χ4v) is 3.38. The van der Waals surface area contributed by atoms with E-state index in [1.54, 1.807) is 21.3 Å². The highest BCUT2D eigenvalue weighted by Crippen LogP contribution is 2.38. The van der Waals surface area contributed by atoms with Crippen LogP contribution in [0.4, 0.5) is 0 Å². The van der Waals surface area contributed by atoms with Crippen LogP contribution in [0.25, 0.3) is 0 Å². The molecular formula is C25H38N4O3. The van der Waals surface area contributed by atoms with Gasteiger partial charge in [-0.2, -0.15) is 0 Å². The van der Waals surface area contributed by atoms with E-state index in [0.29, 0.717) is 36.4 Å². The molecule has 0 amide bonds. The van der Waals surface area contributed by atoms with Crippen molar-refractivity contribution in [3.8, 4) is 17.2 Å². The van der Waals surface area contributed by atoms with Gasteiger partial charge in [-0.25, -0.2) is 0 Å². The summed E-state index contributed by atoms with van der Waals surface area (Å²) in [4.78, 5) is 6.71. The second kappa shape index (κ2) is 13.5. The Kier molecular flexibility index (Phi) is 10.7. The van der Waals surface area contributed by atoms with E-state index in [4.69, 9.17) is 14.2 Å². The number of aliphatic imine (C=N–C) groups is 1. The molecule has 7 nitrogen and oxygen atoms in total. The molecular weight excluding hydrogens is 404 g/mol. The van der Waals surface area contributed by atoms with Crippen molar-refractivity contribution in [2.75, 3.05) is 41.5 Å². The van der Waals surface area contributed by atoms with Gasteiger partial charge in [-0.3, -0.25) is 9.89 Å². The zero-order valence-corrected chi connectivity index (χ0v) is 20.3. The fourth-order valence-electron chi connectivity index (χ4n) is 3.38. The zero-order valence-electron chi connectivity index (χ0n) is 20.3. The third-order valence-corrected chi connectivity index (χ3v) is 5.37. The first-order valence-corrected chi connectivity index (χ1v) is 11.1. The second-order valence-electron chi connectivity index (χ2n) is 7.65. The third-order valence-electron chi connectivity index (χ3n) is 5.37. The Bertz CT molecular complexity index is 817. The van der Waals surface area contributed by atoms with Gasteiger partial charge >= 0.3 is 0 Å². The van der Waals surface area contributed by atoms with Crippen molar-refractivity contribution < 1.29 is 14.2 Å². The number of hydrogen-bond donors (Lipinski definition) is 2. The molecule has 0 bridgehead atoms. The van der Waals surface area contributed by atoms with Crippen LogP contribution in [0.3, 0.4) is 0 Å². The van der Waals surface area contributed by atoms with Gasteiger partial charge in [0.2, 0.25) is 5.75 Å². The van der Waals surface area contributed by atoms with Crippen molar-refractivity contribution in [3.63, 3.8) is 0 Å². The molecule has 0 saturated carbocycles. The van der Waals surface area contributed by atoms with Gasteiger partial charge in [-0.1, -0.05) is 30.3 Å². The van der Waals surface area contributed by atoms with Gasteiger partial charge in [-0.05, 0) is 50.6 Å². The van der Waals surface area contributed by atoms with Crippen LogP contribution in [-0.2, 0) is 13.1 Å². The van der Waals surface area contributed by atoms with Gasteiger partial charge in [0, 0.05) is 32.7 Å². The average molecular weight is 443 g/mol. The molecule has 2 aromatic rings. The van der Waals surface area contributed by atoms with Crippen molar-refractivity contribution in [2.24, 2.45) is 4.99 Å². The predicted octanol–water partition coefficient (Wildman–Crippen LogP) is 3.68. The van der Waals surface area contributed by atoms with E-state index < -0.39 is 0 Å². The highest BCUT2D eigenvalue weighted by molar-refractivity contribution is 5.79. The molecule has 0 aliphatic rings. The van der Waals surface area contributed by atoms with E-state index in [1.165, 1.54) is 5.56 Å². The van der Waals surface area contributed by atoms with Gasteiger partial charge in [0.15, 0.2) is 17.5 Å². The van der Waals surface area contributed by atoms with Crippen molar-refractivity contribution in [2.45, 2.75) is 39.4 Å². The molecule has 0 spiro atoms. The minimum Gasteiger partial charge on any atom is -0.493 e. The summed E-state index contributed by atoms with van der Waals surface area (Å²) in [5.41, 5.74) is 2.34. The highest BCUT2D eigenvalue weighted by atomic mass is 16.5. The molecule has 32 heavy (non-hydrogen) atoms. The van der Waals surface area contributed by atoms with Crippen LogP contribution in [0.15, 0.2) is 47.5 Å². The monoisotopic (exact) mass is 442 g/mol. The summed E-state index contributed by atoms with van der Waals surface area (Å²) >= 11 is 0. The topological polar surface area (TPSA) is 67.4 Å². The van der Waals surface area contributed by atoms with Gasteiger partial charge < -0.3 is 24.8 Å². The lowest BCUT2D eigenvalue weighted by Crippen LogP contribution is -2.39. The van der Waals surface area contributed by atoms with Gasteiger partial charge in [0.05, 0.1) is 20.8 Å². The maximum Gasteiger partial charge on any atom is 0.203 e. The molecule has 1 atom stereocenters. The maximum absolute atomic E-state index is 5.67. The van der Waals surface area contributed by atoms with E-state index in [0.717, 1.165) is 31.0 Å². The summed E-state index contributed by atoms with van der Waals surface area (Å²) in [7, 11) is 7.20. The predicted molar refractivity (Wildman–Crippen MR) is 131 cm³/mol. The maximum atomic E-state index is 5.67. The smallest absolute Gasteiger partial charge is 0.203 e. The van der Waals surface area contributed by atoms with Crippen LogP contribution in [-0.4, -0.2) is 58.4 Å². The number of guanidine groups is 1. The number of methoxy groups -OCH3 is 2. The molecule has 176 valence electrons. The Morgan fingerprint density at radius 1 is 1.03 bits per heavy atom. The van der Waals surface area contributed by atoms with E-state index in [9.17, 15) is 0 Å². The number of rotatable bonds is 12. The molecule has 2 aromatic carbocycles. The Balaban J connectivity index is 1.85. The molecule has 0 fully saturated rings. The normalized spacial score (nSPS) is 12.4. The number of hydrogen-bond acceptors (Lipinski definition) is 5. The summed E-state index contributed by atoms with van der Waals surface area (Å²) in [6, 6.07) is 14.9. The van der Waals surface area contributed by atoms with Crippen molar-refractivity contribution >= 4 is 5.96 Å². The molecule has 7 heteroatoms. The number of nitrogens with one attached hydrogen (secondary N) is 2. The van der Waals surface area contributed by atoms with Gasteiger partial charge in [0.1, 0.15) is 0 Å². The molecule has 0 aromatic heterocycles. The van der Waals surface area contributed by atoms with Gasteiger partial charge in [0.25, 0.3) is 0 Å². The first-order chi connectivity index (χ1) is 15.5. The second-order valence-corrected chi connectivity index (χ2v) is 7.65. The van der Waals surface area contributed by atoms with E-state index >= 15 is 0 Å². The molecule has 0 aliphatic carbocycles. The SMILES string of the molecule is CCOc1c(OC)cc(CNC(=NC)NCCC(C)N(C)Cc2ccccc2)cc1OC. The van der Waals surface area contributed by atoms with Crippen LogP contribution >= 0.6 is 0 Å². The van der Waals surface area contributed by atoms with Crippen LogP contribution in [0.2, 0.25) is 0 Å². The molecule has 2 rings (SSSR count). The van der Waals surface area contributed by atoms with E-state index in [-0.39, 0.29) is 0 Å². The Morgan fingerprint density at radius 2 is 1.69 bits per heavy atom. The Hall–Kier alpha value is -2.93. The van der Waals surface area contributed by atoms with E-state index in [1.807, 2.05) is 19.1 Å². The summed E-state index contributed by atoms with van der Waals surface area (Å²) in [6.45, 7) is 7.08. The van der Waals surface area contributed by atoms with Crippen LogP contribution < -0.4 is 24.8 Å². The van der Waals surface area contributed by atoms with Crippen LogP contribution in [0.5, 0.6) is 17.2 Å². The number of benzene rings is 2. The molecule has 0 radical (unpaired) electrons. The van der Waals surface area contributed by atoms with Crippen molar-refractivity contribution in [1.82, 2.24) is 15.5 Å². The minimum absolute atomic E-state index is 0.445. The summed E-state index contributed by atoms with van der Waals surface area (Å²) in [5, 5.41) is 6.76. The van der Waals surface area contributed by atoms with Crippen LogP contribution in [0, 0.1) is 0 Å². The van der Waals surface area contributed by atoms with Crippen molar-refractivity contribution in [1.29, 1.82) is 0 Å². The number of nitrogens with zero attached hydrogens (tertiary/aromatic N) is 2. The average Bonchev–Trinajstić information content (AvgIpc) is 2.82. The lowest BCUT2D eigenvalue weighted by atomic mass is 10.1. The minimum atomic E-state index is 0.445. The zero-order chi connectivity index (χ0) is 23.3. The third kappa shape index (κ3) is 7.64. The first kappa shape index (κ1) is 25.3. The molecule has 0 heterocycles. The largest absolute Gasteiger partial charge is 0.493 e. The lowest BCUT2D eigenvalue weighted by Gasteiger charge is -2.25. The standard InChI is InChI=1S/C25H38N4O3/c1-7-32-24-22(30-5)15-21(16-23(24)31-6)17-28-25(26-3)27-14-13-19(2)29(4)18-20-11-9-8-10-12-20/h8-12,15-16,19H,7,13-14,17-18H2,1-6H3,(H2,26,27,28).